The van der Waals surface area contributed by atoms with Crippen molar-refractivity contribution in [3.05, 3.63) is 35.8 Å². The molecular formula is C11H12N2O. The molecule has 0 unspecified atom stereocenters. The quantitative estimate of drug-likeness (QED) is 0.677. The summed E-state index contributed by atoms with van der Waals surface area (Å²) in [5.74, 6) is 0.126. The van der Waals surface area contributed by atoms with E-state index >= 15 is 0 Å². The Balaban J connectivity index is 2.64. The van der Waals surface area contributed by atoms with Crippen LogP contribution in [0.5, 0.6) is 0 Å². The second-order valence-electron chi connectivity index (χ2n) is 3.35. The lowest BCUT2D eigenvalue weighted by Crippen LogP contribution is -2.01. The fraction of sp³-hybridized carbons (Fsp3) is 0.273. The van der Waals surface area contributed by atoms with E-state index in [1.54, 1.807) is 6.20 Å². The number of hydrogen-bond acceptors (Lipinski definition) is 2. The van der Waals surface area contributed by atoms with E-state index in [1.165, 1.54) is 0 Å². The Hall–Kier alpha value is -1.64. The fourth-order valence-electron chi connectivity index (χ4n) is 1.47. The molecule has 2 rings (SSSR count). The number of aromatic nitrogens is 2. The first kappa shape index (κ1) is 8.94. The first-order chi connectivity index (χ1) is 6.72. The molecular weight excluding hydrogens is 176 g/mol. The Morgan fingerprint density at radius 1 is 1.57 bits per heavy atom. The van der Waals surface area contributed by atoms with Gasteiger partial charge in [-0.25, -0.2) is 4.98 Å². The van der Waals surface area contributed by atoms with Crippen LogP contribution in [0, 0.1) is 6.92 Å². The minimum atomic E-state index is 0.126. The van der Waals surface area contributed by atoms with Crippen LogP contribution in [-0.4, -0.2) is 15.2 Å². The lowest BCUT2D eigenvalue weighted by molar-refractivity contribution is 0.0982. The number of pyridine rings is 1. The summed E-state index contributed by atoms with van der Waals surface area (Å²) in [7, 11) is 0. The first-order valence-corrected chi connectivity index (χ1v) is 4.69. The molecule has 0 atom stereocenters. The van der Waals surface area contributed by atoms with Crippen LogP contribution in [0.15, 0.2) is 24.5 Å². The molecule has 0 fully saturated rings. The molecule has 2 aromatic rings. The zero-order valence-electron chi connectivity index (χ0n) is 8.32. The maximum absolute atomic E-state index is 11.5. The van der Waals surface area contributed by atoms with Gasteiger partial charge >= 0.3 is 0 Å². The molecule has 0 aliphatic rings. The third-order valence-corrected chi connectivity index (χ3v) is 2.28. The predicted molar refractivity (Wildman–Crippen MR) is 54.6 cm³/mol. The number of hydrogen-bond donors (Lipinski definition) is 0. The van der Waals surface area contributed by atoms with E-state index in [0.29, 0.717) is 12.1 Å². The summed E-state index contributed by atoms with van der Waals surface area (Å²) in [5.41, 5.74) is 2.66. The number of rotatable bonds is 2. The Morgan fingerprint density at radius 3 is 3.07 bits per heavy atom. The van der Waals surface area contributed by atoms with E-state index in [-0.39, 0.29) is 5.78 Å². The highest BCUT2D eigenvalue weighted by molar-refractivity contribution is 5.94. The minimum absolute atomic E-state index is 0.126. The highest BCUT2D eigenvalue weighted by Crippen LogP contribution is 2.10. The Kier molecular flexibility index (Phi) is 2.08. The number of carbonyl (C=O) groups is 1. The van der Waals surface area contributed by atoms with Crippen molar-refractivity contribution < 1.29 is 4.79 Å². The molecule has 14 heavy (non-hydrogen) atoms. The van der Waals surface area contributed by atoms with Crippen molar-refractivity contribution in [1.29, 1.82) is 0 Å². The Bertz CT molecular complexity index is 485. The third-order valence-electron chi connectivity index (χ3n) is 2.28. The third kappa shape index (κ3) is 1.31. The summed E-state index contributed by atoms with van der Waals surface area (Å²) in [6.45, 7) is 3.87. The lowest BCUT2D eigenvalue weighted by atomic mass is 10.2. The number of carbonyl (C=O) groups excluding carboxylic acids is 1. The molecule has 0 aliphatic heterocycles. The van der Waals surface area contributed by atoms with Crippen LogP contribution in [0.4, 0.5) is 0 Å². The van der Waals surface area contributed by atoms with Gasteiger partial charge < -0.3 is 0 Å². The summed E-state index contributed by atoms with van der Waals surface area (Å²) in [5, 5.41) is 0. The molecule has 0 radical (unpaired) electrons. The molecule has 0 saturated carbocycles. The average Bonchev–Trinajstić information content (AvgIpc) is 2.59. The maximum atomic E-state index is 11.5. The fourth-order valence-corrected chi connectivity index (χ4v) is 1.47. The van der Waals surface area contributed by atoms with Crippen LogP contribution < -0.4 is 0 Å². The van der Waals surface area contributed by atoms with Crippen LogP contribution in [-0.2, 0) is 0 Å². The van der Waals surface area contributed by atoms with Gasteiger partial charge in [-0.1, -0.05) is 6.92 Å². The van der Waals surface area contributed by atoms with Crippen molar-refractivity contribution in [3.63, 3.8) is 0 Å². The van der Waals surface area contributed by atoms with Crippen LogP contribution in [0.1, 0.15) is 29.4 Å². The highest BCUT2D eigenvalue weighted by Gasteiger charge is 2.09. The van der Waals surface area contributed by atoms with Gasteiger partial charge in [0.05, 0.1) is 6.20 Å². The molecule has 0 bridgehead atoms. The number of nitrogens with zero attached hydrogens (tertiary/aromatic N) is 2. The zero-order chi connectivity index (χ0) is 10.1. The van der Waals surface area contributed by atoms with Gasteiger partial charge in [-0.15, -0.1) is 0 Å². The van der Waals surface area contributed by atoms with Gasteiger partial charge in [-0.05, 0) is 24.6 Å². The molecule has 0 saturated heterocycles. The number of Topliss-reactive ketones (excluding diaryl/α,β-unsaturated/α-hetero) is 1. The van der Waals surface area contributed by atoms with Crippen molar-refractivity contribution >= 4 is 11.4 Å². The van der Waals surface area contributed by atoms with E-state index in [4.69, 9.17) is 0 Å². The molecule has 0 spiro atoms. The van der Waals surface area contributed by atoms with Gasteiger partial charge in [0.1, 0.15) is 11.3 Å². The normalized spacial score (nSPS) is 10.7. The van der Waals surface area contributed by atoms with E-state index in [2.05, 4.69) is 4.98 Å². The van der Waals surface area contributed by atoms with E-state index < -0.39 is 0 Å². The first-order valence-electron chi connectivity index (χ1n) is 4.69. The smallest absolute Gasteiger partial charge is 0.180 e. The molecule has 0 aromatic carbocycles. The van der Waals surface area contributed by atoms with Gasteiger partial charge in [0.25, 0.3) is 0 Å². The van der Waals surface area contributed by atoms with Crippen LogP contribution in [0.25, 0.3) is 5.65 Å². The van der Waals surface area contributed by atoms with Crippen LogP contribution >= 0.6 is 0 Å². The summed E-state index contributed by atoms with van der Waals surface area (Å²) in [6, 6.07) is 3.94. The van der Waals surface area contributed by atoms with E-state index in [0.717, 1.165) is 11.2 Å². The average molecular weight is 188 g/mol. The maximum Gasteiger partial charge on any atom is 0.180 e. The second kappa shape index (κ2) is 3.25. The molecule has 72 valence electrons. The van der Waals surface area contributed by atoms with Gasteiger partial charge in [0.15, 0.2) is 5.78 Å². The lowest BCUT2D eigenvalue weighted by Gasteiger charge is -1.99. The summed E-state index contributed by atoms with van der Waals surface area (Å²) < 4.78 is 1.83. The van der Waals surface area contributed by atoms with E-state index in [1.807, 2.05) is 36.6 Å². The van der Waals surface area contributed by atoms with Crippen molar-refractivity contribution in [2.75, 3.05) is 0 Å². The van der Waals surface area contributed by atoms with Crippen molar-refractivity contribution in [1.82, 2.24) is 9.38 Å². The Morgan fingerprint density at radius 2 is 2.36 bits per heavy atom. The molecule has 2 aromatic heterocycles. The zero-order valence-corrected chi connectivity index (χ0v) is 8.32. The predicted octanol–water partition coefficient (Wildman–Crippen LogP) is 2.24. The Labute approximate surface area is 82.4 Å². The molecule has 3 nitrogen and oxygen atoms in total. The van der Waals surface area contributed by atoms with Gasteiger partial charge in [0.2, 0.25) is 0 Å². The second-order valence-corrected chi connectivity index (χ2v) is 3.35. The molecule has 0 N–H and O–H groups in total. The van der Waals surface area contributed by atoms with Crippen molar-refractivity contribution in [2.45, 2.75) is 20.3 Å². The molecule has 3 heteroatoms. The van der Waals surface area contributed by atoms with E-state index in [9.17, 15) is 4.79 Å². The number of fused-ring (bicyclic) bond motifs is 1. The number of imidazole rings is 1. The highest BCUT2D eigenvalue weighted by atomic mass is 16.1. The SMILES string of the molecule is CCC(=O)c1cnc2cc(C)ccn12. The van der Waals surface area contributed by atoms with Crippen LogP contribution in [0.3, 0.4) is 0 Å². The van der Waals surface area contributed by atoms with Crippen LogP contribution in [0.2, 0.25) is 0 Å². The minimum Gasteiger partial charge on any atom is -0.297 e. The van der Waals surface area contributed by atoms with Gasteiger partial charge in [-0.2, -0.15) is 0 Å². The number of ketones is 1. The largest absolute Gasteiger partial charge is 0.297 e. The molecule has 0 aliphatic carbocycles. The standard InChI is InChI=1S/C11H12N2O/c1-3-10(14)9-7-12-11-6-8(2)4-5-13(9)11/h4-7H,3H2,1-2H3. The summed E-state index contributed by atoms with van der Waals surface area (Å²) in [6.07, 6.45) is 4.04. The summed E-state index contributed by atoms with van der Waals surface area (Å²) in [4.78, 5) is 15.7. The molecule has 0 amide bonds. The van der Waals surface area contributed by atoms with Crippen molar-refractivity contribution in [3.8, 4) is 0 Å². The topological polar surface area (TPSA) is 34.4 Å². The molecule has 2 heterocycles. The summed E-state index contributed by atoms with van der Waals surface area (Å²) >= 11 is 0. The number of aryl methyl sites for hydroxylation is 1. The van der Waals surface area contributed by atoms with Gasteiger partial charge in [-0.3, -0.25) is 9.20 Å². The monoisotopic (exact) mass is 188 g/mol. The van der Waals surface area contributed by atoms with Gasteiger partial charge in [0, 0.05) is 12.6 Å². The van der Waals surface area contributed by atoms with Crippen molar-refractivity contribution in [2.24, 2.45) is 0 Å².